The number of ketones is 1. The molecule has 4 nitrogen and oxygen atoms in total. The molecule has 1 aromatic heterocycles. The van der Waals surface area contributed by atoms with E-state index in [-0.39, 0.29) is 17.1 Å². The number of hydrogen-bond acceptors (Lipinski definition) is 4. The van der Waals surface area contributed by atoms with Crippen LogP contribution in [0.5, 0.6) is 0 Å². The average Bonchev–Trinajstić information content (AvgIpc) is 3.24. The van der Waals surface area contributed by atoms with Gasteiger partial charge in [0.15, 0.2) is 5.78 Å². The maximum Gasteiger partial charge on any atom is 0.155 e. The number of carbonyl (C=O) groups is 1. The minimum Gasteiger partial charge on any atom is -0.472 e. The number of fused-ring (bicyclic) bond motifs is 5. The standard InChI is InChI=1S/C23H30O4/c1-20-8-5-17(24)13-15(20)3-4-19-18(20)6-9-21(2)22(25,10-11-23(19,21)26)16-7-12-27-14-16/h7,12-14,18-19,25-26H,3-6,8-11H2,1-2H3/t18-,19-,20+,21-,22?,23-/m1/s1. The summed E-state index contributed by atoms with van der Waals surface area (Å²) in [4.78, 5) is 12.0. The lowest BCUT2D eigenvalue weighted by Crippen LogP contribution is -2.63. The third-order valence-corrected chi connectivity index (χ3v) is 9.29. The summed E-state index contributed by atoms with van der Waals surface area (Å²) in [5.41, 5.74) is -0.380. The Bertz CT molecular complexity index is 810. The monoisotopic (exact) mass is 370 g/mol. The van der Waals surface area contributed by atoms with Gasteiger partial charge >= 0.3 is 0 Å². The van der Waals surface area contributed by atoms with Gasteiger partial charge in [0, 0.05) is 17.4 Å². The van der Waals surface area contributed by atoms with Gasteiger partial charge in [0.1, 0.15) is 5.60 Å². The van der Waals surface area contributed by atoms with E-state index in [0.29, 0.717) is 25.2 Å². The van der Waals surface area contributed by atoms with Crippen LogP contribution in [0.25, 0.3) is 0 Å². The molecule has 0 saturated heterocycles. The molecule has 1 aromatic rings. The minimum atomic E-state index is -1.04. The third kappa shape index (κ3) is 1.99. The topological polar surface area (TPSA) is 70.7 Å². The zero-order valence-electron chi connectivity index (χ0n) is 16.3. The van der Waals surface area contributed by atoms with E-state index in [2.05, 4.69) is 13.8 Å². The second kappa shape index (κ2) is 5.36. The van der Waals surface area contributed by atoms with Gasteiger partial charge < -0.3 is 14.6 Å². The van der Waals surface area contributed by atoms with Gasteiger partial charge in [-0.1, -0.05) is 19.4 Å². The van der Waals surface area contributed by atoms with Crippen LogP contribution in [0.4, 0.5) is 0 Å². The molecule has 3 saturated carbocycles. The average molecular weight is 370 g/mol. The summed E-state index contributed by atoms with van der Waals surface area (Å²) < 4.78 is 5.27. The van der Waals surface area contributed by atoms with E-state index < -0.39 is 16.6 Å². The molecule has 4 aliphatic carbocycles. The van der Waals surface area contributed by atoms with Crippen LogP contribution in [0.15, 0.2) is 34.7 Å². The number of allylic oxidation sites excluding steroid dienone is 1. The van der Waals surface area contributed by atoms with Crippen LogP contribution in [0.3, 0.4) is 0 Å². The van der Waals surface area contributed by atoms with E-state index in [1.165, 1.54) is 5.57 Å². The molecule has 0 amide bonds. The molecule has 0 bridgehead atoms. The lowest BCUT2D eigenvalue weighted by Gasteiger charge is -2.62. The Labute approximate surface area is 160 Å². The van der Waals surface area contributed by atoms with Gasteiger partial charge in [-0.25, -0.2) is 0 Å². The van der Waals surface area contributed by atoms with Crippen molar-refractivity contribution in [2.24, 2.45) is 22.7 Å². The van der Waals surface area contributed by atoms with Crippen molar-refractivity contribution in [2.75, 3.05) is 0 Å². The van der Waals surface area contributed by atoms with Gasteiger partial charge in [-0.15, -0.1) is 0 Å². The summed E-state index contributed by atoms with van der Waals surface area (Å²) in [6.45, 7) is 4.40. The molecule has 0 aliphatic heterocycles. The molecule has 1 heterocycles. The van der Waals surface area contributed by atoms with Crippen LogP contribution >= 0.6 is 0 Å². The van der Waals surface area contributed by atoms with Gasteiger partial charge in [0.25, 0.3) is 0 Å². The maximum atomic E-state index is 12.1. The van der Waals surface area contributed by atoms with Gasteiger partial charge in [0.05, 0.1) is 18.1 Å². The van der Waals surface area contributed by atoms with Gasteiger partial charge in [-0.3, -0.25) is 4.79 Å². The molecule has 5 rings (SSSR count). The van der Waals surface area contributed by atoms with E-state index in [1.807, 2.05) is 12.1 Å². The van der Waals surface area contributed by atoms with Crippen molar-refractivity contribution in [1.29, 1.82) is 0 Å². The number of aliphatic hydroxyl groups is 2. The molecule has 0 spiro atoms. The van der Waals surface area contributed by atoms with Crippen molar-refractivity contribution in [3.8, 4) is 0 Å². The fourth-order valence-electron chi connectivity index (χ4n) is 7.51. The van der Waals surface area contributed by atoms with Crippen LogP contribution in [-0.4, -0.2) is 21.6 Å². The SMILES string of the molecule is C[C@]12CCC(=O)C=C1CC[C@@H]1[C@H]2CC[C@]2(C)C(O)(c3ccoc3)CC[C@@]12O. The Hall–Kier alpha value is -1.39. The summed E-state index contributed by atoms with van der Waals surface area (Å²) in [6, 6.07) is 1.85. The molecule has 0 aromatic carbocycles. The Morgan fingerprint density at radius 2 is 1.85 bits per heavy atom. The number of hydrogen-bond donors (Lipinski definition) is 2. The van der Waals surface area contributed by atoms with E-state index >= 15 is 0 Å². The Morgan fingerprint density at radius 3 is 2.59 bits per heavy atom. The van der Waals surface area contributed by atoms with Crippen molar-refractivity contribution in [3.63, 3.8) is 0 Å². The van der Waals surface area contributed by atoms with Gasteiger partial charge in [0.2, 0.25) is 0 Å². The van der Waals surface area contributed by atoms with E-state index in [4.69, 9.17) is 4.42 Å². The van der Waals surface area contributed by atoms with Gasteiger partial charge in [-0.2, -0.15) is 0 Å². The Balaban J connectivity index is 1.56. The number of rotatable bonds is 1. The highest BCUT2D eigenvalue weighted by atomic mass is 16.3. The van der Waals surface area contributed by atoms with E-state index in [9.17, 15) is 15.0 Å². The van der Waals surface area contributed by atoms with Crippen molar-refractivity contribution in [3.05, 3.63) is 35.8 Å². The summed E-state index contributed by atoms with van der Waals surface area (Å²) in [5, 5.41) is 23.8. The van der Waals surface area contributed by atoms with Crippen LogP contribution < -0.4 is 0 Å². The molecule has 6 atom stereocenters. The molecule has 27 heavy (non-hydrogen) atoms. The Morgan fingerprint density at radius 1 is 1.04 bits per heavy atom. The molecule has 3 fully saturated rings. The maximum absolute atomic E-state index is 12.1. The largest absolute Gasteiger partial charge is 0.472 e. The van der Waals surface area contributed by atoms with E-state index in [1.54, 1.807) is 12.5 Å². The van der Waals surface area contributed by atoms with Crippen molar-refractivity contribution in [2.45, 2.75) is 76.4 Å². The predicted molar refractivity (Wildman–Crippen MR) is 101 cm³/mol. The lowest BCUT2D eigenvalue weighted by molar-refractivity contribution is -0.221. The summed E-state index contributed by atoms with van der Waals surface area (Å²) >= 11 is 0. The van der Waals surface area contributed by atoms with Crippen molar-refractivity contribution >= 4 is 5.78 Å². The fraction of sp³-hybridized carbons (Fsp3) is 0.696. The second-order valence-electron chi connectivity index (χ2n) is 9.97. The zero-order valence-corrected chi connectivity index (χ0v) is 16.3. The highest BCUT2D eigenvalue weighted by Gasteiger charge is 2.71. The first-order valence-electron chi connectivity index (χ1n) is 10.5. The predicted octanol–water partition coefficient (Wildman–Crippen LogP) is 4.11. The molecule has 1 unspecified atom stereocenters. The fourth-order valence-corrected chi connectivity index (χ4v) is 7.51. The second-order valence-corrected chi connectivity index (χ2v) is 9.97. The molecule has 2 N–H and O–H groups in total. The summed E-state index contributed by atoms with van der Waals surface area (Å²) in [5.74, 6) is 0.818. The molecule has 4 heteroatoms. The van der Waals surface area contributed by atoms with E-state index in [0.717, 1.165) is 37.7 Å². The third-order valence-electron chi connectivity index (χ3n) is 9.29. The highest BCUT2D eigenvalue weighted by molar-refractivity contribution is 5.91. The molecule has 0 radical (unpaired) electrons. The number of furan rings is 1. The van der Waals surface area contributed by atoms with Gasteiger partial charge in [-0.05, 0) is 74.3 Å². The molecule has 146 valence electrons. The smallest absolute Gasteiger partial charge is 0.155 e. The summed E-state index contributed by atoms with van der Waals surface area (Å²) in [7, 11) is 0. The first-order chi connectivity index (χ1) is 12.7. The molecular formula is C23H30O4. The molecular weight excluding hydrogens is 340 g/mol. The van der Waals surface area contributed by atoms with Crippen LogP contribution in [0, 0.1) is 22.7 Å². The van der Waals surface area contributed by atoms with Crippen LogP contribution in [0.1, 0.15) is 70.8 Å². The van der Waals surface area contributed by atoms with Crippen LogP contribution in [0.2, 0.25) is 0 Å². The quantitative estimate of drug-likeness (QED) is 0.780. The zero-order chi connectivity index (χ0) is 19.1. The number of carbonyl (C=O) groups excluding carboxylic acids is 1. The first-order valence-corrected chi connectivity index (χ1v) is 10.5. The van der Waals surface area contributed by atoms with Crippen molar-refractivity contribution < 1.29 is 19.4 Å². The first kappa shape index (κ1) is 17.7. The van der Waals surface area contributed by atoms with Crippen molar-refractivity contribution in [1.82, 2.24) is 0 Å². The summed E-state index contributed by atoms with van der Waals surface area (Å²) in [6.07, 6.45) is 11.5. The highest BCUT2D eigenvalue weighted by Crippen LogP contribution is 2.71. The minimum absolute atomic E-state index is 0.0181. The Kier molecular flexibility index (Phi) is 3.51. The molecule has 4 aliphatic rings. The van der Waals surface area contributed by atoms with Crippen LogP contribution in [-0.2, 0) is 10.4 Å². The normalized spacial score (nSPS) is 49.2. The lowest BCUT2D eigenvalue weighted by atomic mass is 9.44.